The van der Waals surface area contributed by atoms with Gasteiger partial charge in [0.25, 0.3) is 0 Å². The van der Waals surface area contributed by atoms with Crippen molar-refractivity contribution in [1.82, 2.24) is 15.2 Å². The number of amides is 1. The van der Waals surface area contributed by atoms with Gasteiger partial charge in [0.05, 0.1) is 5.92 Å². The van der Waals surface area contributed by atoms with Crippen molar-refractivity contribution in [3.8, 4) is 0 Å². The summed E-state index contributed by atoms with van der Waals surface area (Å²) in [6.07, 6.45) is 3.35. The first-order valence-corrected chi connectivity index (χ1v) is 5.94. The molecule has 1 aromatic heterocycles. The first kappa shape index (κ1) is 14.1. The van der Waals surface area contributed by atoms with Gasteiger partial charge in [-0.15, -0.1) is 0 Å². The third-order valence-corrected chi connectivity index (χ3v) is 2.58. The molecule has 1 aromatic rings. The van der Waals surface area contributed by atoms with Crippen LogP contribution in [0.25, 0.3) is 0 Å². The molecule has 100 valence electrons. The lowest BCUT2D eigenvalue weighted by atomic mass is 10.1. The molecule has 1 heterocycles. The predicted molar refractivity (Wildman–Crippen MR) is 65.1 cm³/mol. The van der Waals surface area contributed by atoms with E-state index in [2.05, 4.69) is 15.2 Å². The van der Waals surface area contributed by atoms with E-state index in [9.17, 15) is 9.59 Å². The second-order valence-corrected chi connectivity index (χ2v) is 4.16. The summed E-state index contributed by atoms with van der Waals surface area (Å²) in [6, 6.07) is 0. The molecule has 0 aliphatic heterocycles. The van der Waals surface area contributed by atoms with Gasteiger partial charge in [-0.3, -0.25) is 14.5 Å². The van der Waals surface area contributed by atoms with Crippen LogP contribution in [0.4, 0.5) is 5.95 Å². The highest BCUT2D eigenvalue weighted by atomic mass is 16.4. The molecule has 0 aromatic carbocycles. The van der Waals surface area contributed by atoms with E-state index < -0.39 is 11.9 Å². The topological polar surface area (TPSA) is 99.2 Å². The van der Waals surface area contributed by atoms with Gasteiger partial charge in [-0.2, -0.15) is 10.1 Å². The Hall–Kier alpha value is -1.92. The number of hydrogen-bond donors (Lipinski definition) is 2. The van der Waals surface area contributed by atoms with Crippen molar-refractivity contribution in [2.45, 2.75) is 33.1 Å². The van der Waals surface area contributed by atoms with Gasteiger partial charge in [0.1, 0.15) is 6.33 Å². The third kappa shape index (κ3) is 3.83. The number of carboxylic acids is 1. The molecule has 1 rings (SSSR count). The van der Waals surface area contributed by atoms with Crippen molar-refractivity contribution in [2.24, 2.45) is 5.92 Å². The number of aromatic amines is 1. The van der Waals surface area contributed by atoms with Crippen molar-refractivity contribution in [1.29, 1.82) is 0 Å². The van der Waals surface area contributed by atoms with Crippen LogP contribution in [0.15, 0.2) is 6.33 Å². The molecule has 18 heavy (non-hydrogen) atoms. The van der Waals surface area contributed by atoms with Crippen LogP contribution in [0.2, 0.25) is 0 Å². The maximum Gasteiger partial charge on any atom is 0.308 e. The summed E-state index contributed by atoms with van der Waals surface area (Å²) in [5, 5.41) is 15.2. The van der Waals surface area contributed by atoms with Crippen molar-refractivity contribution in [3.63, 3.8) is 0 Å². The van der Waals surface area contributed by atoms with Crippen molar-refractivity contribution >= 4 is 17.8 Å². The van der Waals surface area contributed by atoms with Gasteiger partial charge in [-0.25, -0.2) is 5.10 Å². The van der Waals surface area contributed by atoms with Crippen LogP contribution in [0.5, 0.6) is 0 Å². The van der Waals surface area contributed by atoms with Crippen molar-refractivity contribution < 1.29 is 14.7 Å². The lowest BCUT2D eigenvalue weighted by Gasteiger charge is -2.21. The number of rotatable bonds is 7. The monoisotopic (exact) mass is 254 g/mol. The molecule has 0 aliphatic carbocycles. The number of hydrogen-bond acceptors (Lipinski definition) is 4. The highest BCUT2D eigenvalue weighted by Gasteiger charge is 2.23. The van der Waals surface area contributed by atoms with Gasteiger partial charge in [-0.05, 0) is 6.42 Å². The number of nitrogens with zero attached hydrogens (tertiary/aromatic N) is 3. The average Bonchev–Trinajstić information content (AvgIpc) is 2.85. The van der Waals surface area contributed by atoms with E-state index in [0.29, 0.717) is 12.4 Å². The number of carbonyl (C=O) groups excluding carboxylic acids is 1. The van der Waals surface area contributed by atoms with E-state index in [1.165, 1.54) is 11.2 Å². The SMILES string of the molecule is CCCCC(=O)N(CC(C)C(=O)O)c1ncn[nH]1. The number of H-pyrrole nitrogens is 1. The Morgan fingerprint density at radius 1 is 1.56 bits per heavy atom. The summed E-state index contributed by atoms with van der Waals surface area (Å²) in [7, 11) is 0. The standard InChI is InChI=1S/C11H18N4O3/c1-3-4-5-9(16)15(6-8(2)10(17)18)11-12-7-13-14-11/h7-8H,3-6H2,1-2H3,(H,17,18)(H,12,13,14). The van der Waals surface area contributed by atoms with Crippen LogP contribution in [0, 0.1) is 5.92 Å². The number of aliphatic carboxylic acids is 1. The first-order valence-electron chi connectivity index (χ1n) is 5.94. The molecule has 2 N–H and O–H groups in total. The Balaban J connectivity index is 2.76. The van der Waals surface area contributed by atoms with Crippen LogP contribution >= 0.6 is 0 Å². The van der Waals surface area contributed by atoms with Gasteiger partial charge in [0.2, 0.25) is 11.9 Å². The fourth-order valence-corrected chi connectivity index (χ4v) is 1.45. The van der Waals surface area contributed by atoms with Gasteiger partial charge >= 0.3 is 5.97 Å². The highest BCUT2D eigenvalue weighted by Crippen LogP contribution is 2.12. The number of unbranched alkanes of at least 4 members (excludes halogenated alkanes) is 1. The molecule has 7 nitrogen and oxygen atoms in total. The third-order valence-electron chi connectivity index (χ3n) is 2.58. The quantitative estimate of drug-likeness (QED) is 0.757. The molecule has 1 amide bonds. The number of aromatic nitrogens is 3. The summed E-state index contributed by atoms with van der Waals surface area (Å²) in [5.74, 6) is -1.44. The lowest BCUT2D eigenvalue weighted by molar-refractivity contribution is -0.140. The van der Waals surface area contributed by atoms with Gasteiger partial charge in [-0.1, -0.05) is 20.3 Å². The van der Waals surface area contributed by atoms with Crippen LogP contribution in [-0.4, -0.2) is 38.7 Å². The minimum atomic E-state index is -0.942. The predicted octanol–water partition coefficient (Wildman–Crippen LogP) is 1.05. The second-order valence-electron chi connectivity index (χ2n) is 4.16. The van der Waals surface area contributed by atoms with Crippen molar-refractivity contribution in [2.75, 3.05) is 11.4 Å². The van der Waals surface area contributed by atoms with E-state index in [1.54, 1.807) is 6.92 Å². The molecule has 0 bridgehead atoms. The van der Waals surface area contributed by atoms with Gasteiger partial charge in [0, 0.05) is 13.0 Å². The highest BCUT2D eigenvalue weighted by molar-refractivity contribution is 5.92. The van der Waals surface area contributed by atoms with E-state index >= 15 is 0 Å². The Kier molecular flexibility index (Phi) is 5.29. The molecule has 0 fully saturated rings. The minimum Gasteiger partial charge on any atom is -0.481 e. The fourth-order valence-electron chi connectivity index (χ4n) is 1.45. The van der Waals surface area contributed by atoms with E-state index in [0.717, 1.165) is 12.8 Å². The molecule has 0 spiro atoms. The Morgan fingerprint density at radius 2 is 2.28 bits per heavy atom. The average molecular weight is 254 g/mol. The fraction of sp³-hybridized carbons (Fsp3) is 0.636. The smallest absolute Gasteiger partial charge is 0.308 e. The largest absolute Gasteiger partial charge is 0.481 e. The number of nitrogens with one attached hydrogen (secondary N) is 1. The molecule has 7 heteroatoms. The van der Waals surface area contributed by atoms with E-state index in [4.69, 9.17) is 5.11 Å². The molecule has 0 saturated carbocycles. The maximum absolute atomic E-state index is 12.0. The molecule has 1 atom stereocenters. The Labute approximate surface area is 105 Å². The van der Waals surface area contributed by atoms with Crippen LogP contribution in [-0.2, 0) is 9.59 Å². The van der Waals surface area contributed by atoms with Crippen LogP contribution in [0.3, 0.4) is 0 Å². The first-order chi connectivity index (χ1) is 8.56. The zero-order valence-electron chi connectivity index (χ0n) is 10.6. The van der Waals surface area contributed by atoms with Crippen molar-refractivity contribution in [3.05, 3.63) is 6.33 Å². The lowest BCUT2D eigenvalue weighted by Crippen LogP contribution is -2.37. The van der Waals surface area contributed by atoms with Gasteiger partial charge < -0.3 is 5.11 Å². The normalized spacial score (nSPS) is 12.1. The molecular weight excluding hydrogens is 236 g/mol. The molecule has 0 aliphatic rings. The molecular formula is C11H18N4O3. The van der Waals surface area contributed by atoms with Crippen LogP contribution in [0.1, 0.15) is 33.1 Å². The summed E-state index contributed by atoms with van der Waals surface area (Å²) in [5.41, 5.74) is 0. The minimum absolute atomic E-state index is 0.0904. The van der Waals surface area contributed by atoms with E-state index in [1.807, 2.05) is 6.92 Å². The van der Waals surface area contributed by atoms with E-state index in [-0.39, 0.29) is 12.5 Å². The Bertz CT molecular complexity index is 391. The zero-order valence-corrected chi connectivity index (χ0v) is 10.6. The van der Waals surface area contributed by atoms with Crippen LogP contribution < -0.4 is 4.90 Å². The summed E-state index contributed by atoms with van der Waals surface area (Å²) >= 11 is 0. The summed E-state index contributed by atoms with van der Waals surface area (Å²) in [6.45, 7) is 3.64. The maximum atomic E-state index is 12.0. The summed E-state index contributed by atoms with van der Waals surface area (Å²) < 4.78 is 0. The Morgan fingerprint density at radius 3 is 2.78 bits per heavy atom. The number of carboxylic acid groups (broad SMARTS) is 1. The molecule has 0 radical (unpaired) electrons. The zero-order chi connectivity index (χ0) is 13.5. The van der Waals surface area contributed by atoms with Gasteiger partial charge in [0.15, 0.2) is 0 Å². The molecule has 0 saturated heterocycles. The number of carbonyl (C=O) groups is 2. The summed E-state index contributed by atoms with van der Waals surface area (Å²) in [4.78, 5) is 28.1. The second kappa shape index (κ2) is 6.73. The number of anilines is 1. The molecule has 1 unspecified atom stereocenters.